The highest BCUT2D eigenvalue weighted by Crippen LogP contribution is 2.35. The molecule has 0 bridgehead atoms. The molecule has 2 N–H and O–H groups in total. The minimum atomic E-state index is 0.455. The second kappa shape index (κ2) is 4.65. The Bertz CT molecular complexity index is 169. The quantitative estimate of drug-likeness (QED) is 0.719. The Labute approximate surface area is 89.5 Å². The van der Waals surface area contributed by atoms with E-state index in [0.717, 1.165) is 11.8 Å². The SMILES string of the molecule is CC(CC(C)(C)C)C1CCCCC1N. The summed E-state index contributed by atoms with van der Waals surface area (Å²) in [5.41, 5.74) is 6.65. The number of hydrogen-bond donors (Lipinski definition) is 1. The van der Waals surface area contributed by atoms with Crippen molar-refractivity contribution in [2.75, 3.05) is 0 Å². The van der Waals surface area contributed by atoms with Crippen LogP contribution in [0.25, 0.3) is 0 Å². The first-order chi connectivity index (χ1) is 6.40. The lowest BCUT2D eigenvalue weighted by Crippen LogP contribution is -2.37. The molecule has 1 nitrogen and oxygen atoms in total. The first kappa shape index (κ1) is 12.0. The van der Waals surface area contributed by atoms with Crippen LogP contribution in [0, 0.1) is 17.3 Å². The molecule has 3 atom stereocenters. The van der Waals surface area contributed by atoms with Gasteiger partial charge in [0.15, 0.2) is 0 Å². The molecule has 1 aliphatic carbocycles. The van der Waals surface area contributed by atoms with Gasteiger partial charge >= 0.3 is 0 Å². The van der Waals surface area contributed by atoms with Gasteiger partial charge < -0.3 is 5.73 Å². The molecule has 0 heterocycles. The van der Waals surface area contributed by atoms with Crippen LogP contribution >= 0.6 is 0 Å². The fourth-order valence-corrected chi connectivity index (χ4v) is 3.01. The van der Waals surface area contributed by atoms with Gasteiger partial charge in [-0.15, -0.1) is 0 Å². The third-order valence-electron chi connectivity index (χ3n) is 3.54. The topological polar surface area (TPSA) is 26.0 Å². The Morgan fingerprint density at radius 2 is 1.79 bits per heavy atom. The molecule has 14 heavy (non-hydrogen) atoms. The summed E-state index contributed by atoms with van der Waals surface area (Å²) in [5.74, 6) is 1.58. The molecular formula is C13H27N. The van der Waals surface area contributed by atoms with E-state index in [1.165, 1.54) is 32.1 Å². The van der Waals surface area contributed by atoms with Crippen LogP contribution in [0.15, 0.2) is 0 Å². The number of hydrogen-bond acceptors (Lipinski definition) is 1. The fraction of sp³-hybridized carbons (Fsp3) is 1.00. The summed E-state index contributed by atoms with van der Waals surface area (Å²) in [4.78, 5) is 0. The van der Waals surface area contributed by atoms with Crippen molar-refractivity contribution in [1.29, 1.82) is 0 Å². The Morgan fingerprint density at radius 1 is 1.21 bits per heavy atom. The van der Waals surface area contributed by atoms with E-state index in [1.807, 2.05) is 0 Å². The second-order valence-electron chi connectivity index (χ2n) is 6.35. The lowest BCUT2D eigenvalue weighted by molar-refractivity contribution is 0.174. The molecule has 3 unspecified atom stereocenters. The summed E-state index contributed by atoms with van der Waals surface area (Å²) in [6.07, 6.45) is 6.66. The summed E-state index contributed by atoms with van der Waals surface area (Å²) in [6.45, 7) is 9.38. The number of nitrogens with two attached hydrogens (primary N) is 1. The molecule has 1 saturated carbocycles. The van der Waals surface area contributed by atoms with E-state index in [2.05, 4.69) is 27.7 Å². The molecule has 0 aliphatic heterocycles. The standard InChI is InChI=1S/C13H27N/c1-10(9-13(2,3)4)11-7-5-6-8-12(11)14/h10-12H,5-9,14H2,1-4H3. The Hall–Kier alpha value is -0.0400. The van der Waals surface area contributed by atoms with Gasteiger partial charge in [0.1, 0.15) is 0 Å². The molecule has 1 aliphatic rings. The van der Waals surface area contributed by atoms with Crippen LogP contribution in [-0.4, -0.2) is 6.04 Å². The molecule has 0 aromatic heterocycles. The zero-order chi connectivity index (χ0) is 10.8. The van der Waals surface area contributed by atoms with E-state index in [1.54, 1.807) is 0 Å². The summed E-state index contributed by atoms with van der Waals surface area (Å²) in [7, 11) is 0. The normalized spacial score (nSPS) is 31.5. The summed E-state index contributed by atoms with van der Waals surface area (Å²) in [6, 6.07) is 0.473. The Kier molecular flexibility index (Phi) is 4.00. The van der Waals surface area contributed by atoms with Crippen molar-refractivity contribution >= 4 is 0 Å². The van der Waals surface area contributed by atoms with Crippen LogP contribution in [0.2, 0.25) is 0 Å². The van der Waals surface area contributed by atoms with Gasteiger partial charge in [-0.25, -0.2) is 0 Å². The predicted molar refractivity (Wildman–Crippen MR) is 63.2 cm³/mol. The summed E-state index contributed by atoms with van der Waals surface area (Å²) < 4.78 is 0. The third kappa shape index (κ3) is 3.61. The molecule has 0 amide bonds. The highest BCUT2D eigenvalue weighted by Gasteiger charge is 2.29. The molecule has 0 aromatic carbocycles. The van der Waals surface area contributed by atoms with Gasteiger partial charge in [-0.3, -0.25) is 0 Å². The molecule has 0 saturated heterocycles. The zero-order valence-corrected chi connectivity index (χ0v) is 10.3. The number of rotatable bonds is 2. The molecular weight excluding hydrogens is 170 g/mol. The average molecular weight is 197 g/mol. The average Bonchev–Trinajstić information content (AvgIpc) is 2.01. The van der Waals surface area contributed by atoms with Crippen LogP contribution in [0.1, 0.15) is 59.8 Å². The maximum atomic E-state index is 6.20. The third-order valence-corrected chi connectivity index (χ3v) is 3.54. The second-order valence-corrected chi connectivity index (χ2v) is 6.35. The van der Waals surface area contributed by atoms with Gasteiger partial charge in [0.2, 0.25) is 0 Å². The Morgan fingerprint density at radius 3 is 2.29 bits per heavy atom. The van der Waals surface area contributed by atoms with E-state index in [9.17, 15) is 0 Å². The van der Waals surface area contributed by atoms with Crippen molar-refractivity contribution in [2.45, 2.75) is 65.8 Å². The molecule has 84 valence electrons. The lowest BCUT2D eigenvalue weighted by atomic mass is 9.72. The van der Waals surface area contributed by atoms with Gasteiger partial charge in [0.25, 0.3) is 0 Å². The highest BCUT2D eigenvalue weighted by atomic mass is 14.7. The van der Waals surface area contributed by atoms with Crippen molar-refractivity contribution in [3.05, 3.63) is 0 Å². The van der Waals surface area contributed by atoms with Crippen molar-refractivity contribution in [2.24, 2.45) is 23.0 Å². The van der Waals surface area contributed by atoms with Crippen LogP contribution in [0.4, 0.5) is 0 Å². The molecule has 0 aromatic rings. The van der Waals surface area contributed by atoms with Gasteiger partial charge in [-0.1, -0.05) is 40.5 Å². The van der Waals surface area contributed by atoms with Gasteiger partial charge in [-0.05, 0) is 36.5 Å². The predicted octanol–water partition coefficient (Wildman–Crippen LogP) is 3.58. The molecule has 0 radical (unpaired) electrons. The maximum Gasteiger partial charge on any atom is 0.00697 e. The van der Waals surface area contributed by atoms with Crippen molar-refractivity contribution in [3.63, 3.8) is 0 Å². The van der Waals surface area contributed by atoms with Crippen molar-refractivity contribution in [3.8, 4) is 0 Å². The minimum Gasteiger partial charge on any atom is -0.327 e. The van der Waals surface area contributed by atoms with E-state index in [-0.39, 0.29) is 0 Å². The minimum absolute atomic E-state index is 0.455. The van der Waals surface area contributed by atoms with Crippen LogP contribution < -0.4 is 5.73 Å². The maximum absolute atomic E-state index is 6.20. The monoisotopic (exact) mass is 197 g/mol. The lowest BCUT2D eigenvalue weighted by Gasteiger charge is -2.36. The van der Waals surface area contributed by atoms with Gasteiger partial charge in [0, 0.05) is 6.04 Å². The smallest absolute Gasteiger partial charge is 0.00697 e. The van der Waals surface area contributed by atoms with Crippen LogP contribution in [0.5, 0.6) is 0 Å². The fourth-order valence-electron chi connectivity index (χ4n) is 3.01. The highest BCUT2D eigenvalue weighted by molar-refractivity contribution is 4.83. The molecule has 1 fully saturated rings. The largest absolute Gasteiger partial charge is 0.327 e. The Balaban J connectivity index is 2.46. The summed E-state index contributed by atoms with van der Waals surface area (Å²) in [5, 5.41) is 0. The van der Waals surface area contributed by atoms with E-state index >= 15 is 0 Å². The van der Waals surface area contributed by atoms with E-state index < -0.39 is 0 Å². The first-order valence-corrected chi connectivity index (χ1v) is 6.16. The van der Waals surface area contributed by atoms with Crippen molar-refractivity contribution < 1.29 is 0 Å². The zero-order valence-electron chi connectivity index (χ0n) is 10.3. The van der Waals surface area contributed by atoms with Crippen molar-refractivity contribution in [1.82, 2.24) is 0 Å². The van der Waals surface area contributed by atoms with Crippen LogP contribution in [0.3, 0.4) is 0 Å². The van der Waals surface area contributed by atoms with E-state index in [0.29, 0.717) is 11.5 Å². The molecule has 1 heteroatoms. The van der Waals surface area contributed by atoms with Crippen LogP contribution in [-0.2, 0) is 0 Å². The van der Waals surface area contributed by atoms with Gasteiger partial charge in [-0.2, -0.15) is 0 Å². The van der Waals surface area contributed by atoms with E-state index in [4.69, 9.17) is 5.73 Å². The molecule has 0 spiro atoms. The summed E-state index contributed by atoms with van der Waals surface area (Å²) >= 11 is 0. The first-order valence-electron chi connectivity index (χ1n) is 6.16. The van der Waals surface area contributed by atoms with Gasteiger partial charge in [0.05, 0.1) is 0 Å². The molecule has 1 rings (SSSR count).